The Morgan fingerprint density at radius 3 is 2.54 bits per heavy atom. The zero-order valence-corrected chi connectivity index (χ0v) is 19.6. The van der Waals surface area contributed by atoms with Crippen LogP contribution in [0, 0.1) is 25.7 Å². The molecule has 3 unspecified atom stereocenters. The first-order valence-electron chi connectivity index (χ1n) is 11.8. The van der Waals surface area contributed by atoms with Gasteiger partial charge in [0.15, 0.2) is 5.82 Å². The van der Waals surface area contributed by atoms with E-state index in [-0.39, 0.29) is 11.9 Å². The van der Waals surface area contributed by atoms with Crippen LogP contribution < -0.4 is 0 Å². The highest BCUT2D eigenvalue weighted by atomic mass is 19.4. The van der Waals surface area contributed by atoms with Gasteiger partial charge >= 0.3 is 6.18 Å². The Labute approximate surface area is 201 Å². The molecule has 5 rings (SSSR count). The van der Waals surface area contributed by atoms with E-state index in [9.17, 15) is 18.0 Å². The third-order valence-electron chi connectivity index (χ3n) is 6.89. The summed E-state index contributed by atoms with van der Waals surface area (Å²) in [5, 5.41) is 0. The van der Waals surface area contributed by atoms with E-state index in [1.54, 1.807) is 25.4 Å². The lowest BCUT2D eigenvalue weighted by Crippen LogP contribution is -2.45. The Morgan fingerprint density at radius 2 is 1.80 bits per heavy atom. The molecule has 0 N–H and O–H groups in total. The predicted octanol–water partition coefficient (Wildman–Crippen LogP) is 5.05. The number of rotatable bonds is 5. The molecule has 2 fully saturated rings. The predicted molar refractivity (Wildman–Crippen MR) is 123 cm³/mol. The minimum absolute atomic E-state index is 0.0882. The van der Waals surface area contributed by atoms with Crippen LogP contribution in [0.25, 0.3) is 11.4 Å². The van der Waals surface area contributed by atoms with E-state index in [4.69, 9.17) is 0 Å². The monoisotopic (exact) mass is 481 g/mol. The number of fused-ring (bicyclic) bond motifs is 1. The summed E-state index contributed by atoms with van der Waals surface area (Å²) in [6, 6.07) is 7.45. The molecule has 3 aromatic heterocycles. The molecule has 1 saturated heterocycles. The van der Waals surface area contributed by atoms with E-state index >= 15 is 0 Å². The number of alkyl halides is 3. The number of halogens is 3. The molecule has 0 radical (unpaired) electrons. The molecule has 2 aliphatic rings. The molecule has 3 atom stereocenters. The van der Waals surface area contributed by atoms with Crippen molar-refractivity contribution in [2.24, 2.45) is 11.8 Å². The Bertz CT molecular complexity index is 1250. The summed E-state index contributed by atoms with van der Waals surface area (Å²) in [6.45, 7) is 4.03. The summed E-state index contributed by atoms with van der Waals surface area (Å²) in [6.07, 6.45) is 1.67. The van der Waals surface area contributed by atoms with Gasteiger partial charge in [0.05, 0.1) is 11.1 Å². The van der Waals surface area contributed by atoms with Crippen LogP contribution in [-0.2, 0) is 12.6 Å². The molecule has 0 bridgehead atoms. The number of carbonyl (C=O) groups is 1. The lowest BCUT2D eigenvalue weighted by molar-refractivity contribution is -0.137. The maximum absolute atomic E-state index is 13.8. The molecule has 182 valence electrons. The van der Waals surface area contributed by atoms with Gasteiger partial charge in [0.1, 0.15) is 5.69 Å². The zero-order chi connectivity index (χ0) is 24.7. The first-order valence-corrected chi connectivity index (χ1v) is 11.8. The summed E-state index contributed by atoms with van der Waals surface area (Å²) in [4.78, 5) is 33.2. The number of aryl methyl sites for hydroxylation is 3. The van der Waals surface area contributed by atoms with Gasteiger partial charge < -0.3 is 4.90 Å². The number of likely N-dealkylation sites (tertiary alicyclic amines) is 1. The minimum Gasteiger partial charge on any atom is -0.334 e. The van der Waals surface area contributed by atoms with Crippen LogP contribution in [0.3, 0.4) is 0 Å². The first kappa shape index (κ1) is 23.4. The number of piperidine rings is 1. The number of aromatic nitrogens is 4. The average molecular weight is 482 g/mol. The molecular formula is C26H26F3N5O. The van der Waals surface area contributed by atoms with Crippen molar-refractivity contribution in [1.29, 1.82) is 0 Å². The van der Waals surface area contributed by atoms with Gasteiger partial charge in [0.25, 0.3) is 5.91 Å². The molecule has 6 nitrogen and oxygen atoms in total. The van der Waals surface area contributed by atoms with Crippen LogP contribution in [0.5, 0.6) is 0 Å². The van der Waals surface area contributed by atoms with Crippen molar-refractivity contribution in [2.45, 2.75) is 51.7 Å². The largest absolute Gasteiger partial charge is 0.416 e. The summed E-state index contributed by atoms with van der Waals surface area (Å²) in [5.41, 5.74) is 1.66. The third kappa shape index (κ3) is 5.04. The van der Waals surface area contributed by atoms with E-state index < -0.39 is 11.7 Å². The van der Waals surface area contributed by atoms with Gasteiger partial charge in [-0.15, -0.1) is 0 Å². The Balaban J connectivity index is 1.41. The topological polar surface area (TPSA) is 71.9 Å². The van der Waals surface area contributed by atoms with Gasteiger partial charge in [-0.25, -0.2) is 15.0 Å². The Kier molecular flexibility index (Phi) is 6.02. The normalized spacial score (nSPS) is 21.5. The highest BCUT2D eigenvalue weighted by molar-refractivity contribution is 5.98. The molecule has 1 saturated carbocycles. The SMILES string of the molecule is Cc1cc(C(F)(F)F)cc(CCC2CC3CC3CN2C(=O)c2nc(C)ccc2-c2ncccn2)n1. The van der Waals surface area contributed by atoms with E-state index in [1.807, 2.05) is 24.0 Å². The maximum Gasteiger partial charge on any atom is 0.416 e. The van der Waals surface area contributed by atoms with Crippen LogP contribution >= 0.6 is 0 Å². The summed E-state index contributed by atoms with van der Waals surface area (Å²) >= 11 is 0. The van der Waals surface area contributed by atoms with Crippen LogP contribution in [-0.4, -0.2) is 43.3 Å². The second kappa shape index (κ2) is 9.02. The standard InChI is InChI=1S/C26H26F3N5O/c1-15-4-7-22(24-30-8-3-9-31-24)23(33-15)25(35)34-14-18-11-17(18)12-21(34)6-5-20-13-19(26(27,28)29)10-16(2)32-20/h3-4,7-10,13,17-18,21H,5-6,11-12,14H2,1-2H3. The van der Waals surface area contributed by atoms with E-state index in [1.165, 1.54) is 0 Å². The number of hydrogen-bond donors (Lipinski definition) is 0. The zero-order valence-electron chi connectivity index (χ0n) is 19.6. The molecule has 9 heteroatoms. The number of hydrogen-bond acceptors (Lipinski definition) is 5. The fraction of sp³-hybridized carbons (Fsp3) is 0.423. The minimum atomic E-state index is -4.41. The van der Waals surface area contributed by atoms with E-state index in [0.717, 1.165) is 30.7 Å². The highest BCUT2D eigenvalue weighted by Crippen LogP contribution is 2.48. The molecule has 0 aromatic carbocycles. The molecule has 1 amide bonds. The van der Waals surface area contributed by atoms with E-state index in [2.05, 4.69) is 19.9 Å². The molecule has 1 aliphatic heterocycles. The van der Waals surface area contributed by atoms with Gasteiger partial charge in [0.2, 0.25) is 0 Å². The van der Waals surface area contributed by atoms with Crippen molar-refractivity contribution < 1.29 is 18.0 Å². The van der Waals surface area contributed by atoms with Crippen molar-refractivity contribution in [1.82, 2.24) is 24.8 Å². The number of carbonyl (C=O) groups excluding carboxylic acids is 1. The number of amides is 1. The lowest BCUT2D eigenvalue weighted by Gasteiger charge is -2.35. The molecule has 0 spiro atoms. The number of nitrogens with zero attached hydrogens (tertiary/aromatic N) is 5. The lowest BCUT2D eigenvalue weighted by atomic mass is 9.95. The second-order valence-electron chi connectivity index (χ2n) is 9.55. The first-order chi connectivity index (χ1) is 16.7. The van der Waals surface area contributed by atoms with Crippen molar-refractivity contribution >= 4 is 5.91 Å². The Hall–Kier alpha value is -3.36. The van der Waals surface area contributed by atoms with Crippen LogP contribution in [0.15, 0.2) is 42.7 Å². The smallest absolute Gasteiger partial charge is 0.334 e. The summed E-state index contributed by atoms with van der Waals surface area (Å²) < 4.78 is 39.8. The fourth-order valence-corrected chi connectivity index (χ4v) is 5.04. The van der Waals surface area contributed by atoms with Crippen LogP contribution in [0.2, 0.25) is 0 Å². The molecule has 3 aromatic rings. The van der Waals surface area contributed by atoms with Gasteiger partial charge in [-0.1, -0.05) is 0 Å². The van der Waals surface area contributed by atoms with Gasteiger partial charge in [-0.2, -0.15) is 13.2 Å². The maximum atomic E-state index is 13.8. The average Bonchev–Trinajstić information content (AvgIpc) is 3.60. The highest BCUT2D eigenvalue weighted by Gasteiger charge is 2.47. The molecule has 4 heterocycles. The van der Waals surface area contributed by atoms with Crippen molar-refractivity contribution in [2.75, 3.05) is 6.54 Å². The van der Waals surface area contributed by atoms with Crippen LogP contribution in [0.1, 0.15) is 52.4 Å². The molecule has 1 aliphatic carbocycles. The molecular weight excluding hydrogens is 455 g/mol. The van der Waals surface area contributed by atoms with Gasteiger partial charge in [-0.3, -0.25) is 9.78 Å². The van der Waals surface area contributed by atoms with Crippen LogP contribution in [0.4, 0.5) is 13.2 Å². The quantitative estimate of drug-likeness (QED) is 0.510. The fourth-order valence-electron chi connectivity index (χ4n) is 5.04. The number of pyridine rings is 2. The second-order valence-corrected chi connectivity index (χ2v) is 9.55. The van der Waals surface area contributed by atoms with Gasteiger partial charge in [0, 0.05) is 42.1 Å². The van der Waals surface area contributed by atoms with Crippen molar-refractivity contribution in [3.05, 3.63) is 71.1 Å². The Morgan fingerprint density at radius 1 is 1.03 bits per heavy atom. The molecule has 35 heavy (non-hydrogen) atoms. The van der Waals surface area contributed by atoms with E-state index in [0.29, 0.717) is 59.7 Å². The van der Waals surface area contributed by atoms with Gasteiger partial charge in [-0.05, 0) is 81.7 Å². The summed E-state index contributed by atoms with van der Waals surface area (Å²) in [5.74, 6) is 1.30. The third-order valence-corrected chi connectivity index (χ3v) is 6.89. The van der Waals surface area contributed by atoms with Crippen molar-refractivity contribution in [3.63, 3.8) is 0 Å². The summed E-state index contributed by atoms with van der Waals surface area (Å²) in [7, 11) is 0. The van der Waals surface area contributed by atoms with Crippen molar-refractivity contribution in [3.8, 4) is 11.4 Å².